The number of carbonyl (C=O) groups is 1. The van der Waals surface area contributed by atoms with Crippen LogP contribution in [-0.2, 0) is 4.79 Å². The van der Waals surface area contributed by atoms with Crippen molar-refractivity contribution in [2.24, 2.45) is 5.92 Å². The summed E-state index contributed by atoms with van der Waals surface area (Å²) >= 11 is 0. The topological polar surface area (TPSA) is 57.5 Å². The predicted molar refractivity (Wildman–Crippen MR) is 58.7 cm³/mol. The number of aliphatic carboxylic acids is 1. The summed E-state index contributed by atoms with van der Waals surface area (Å²) in [5.41, 5.74) is 0. The lowest BCUT2D eigenvalue weighted by molar-refractivity contribution is -0.137. The summed E-state index contributed by atoms with van der Waals surface area (Å²) in [6.07, 6.45) is 8.47. The summed E-state index contributed by atoms with van der Waals surface area (Å²) in [6.45, 7) is 0. The van der Waals surface area contributed by atoms with Crippen molar-refractivity contribution < 1.29 is 15.0 Å². The lowest BCUT2D eigenvalue weighted by Gasteiger charge is -2.19. The maximum absolute atomic E-state index is 10.3. The lowest BCUT2D eigenvalue weighted by Crippen LogP contribution is -2.18. The number of carboxylic acids is 1. The van der Waals surface area contributed by atoms with Gasteiger partial charge in [-0.25, -0.2) is 0 Å². The third-order valence-corrected chi connectivity index (χ3v) is 3.33. The molecule has 0 aliphatic heterocycles. The van der Waals surface area contributed by atoms with Crippen molar-refractivity contribution in [3.63, 3.8) is 0 Å². The van der Waals surface area contributed by atoms with Crippen LogP contribution in [0.15, 0.2) is 0 Å². The molecule has 2 unspecified atom stereocenters. The Balaban J connectivity index is 2.15. The van der Waals surface area contributed by atoms with E-state index in [1.165, 1.54) is 12.8 Å². The maximum Gasteiger partial charge on any atom is 0.303 e. The van der Waals surface area contributed by atoms with E-state index in [-0.39, 0.29) is 12.5 Å². The van der Waals surface area contributed by atoms with Gasteiger partial charge in [-0.1, -0.05) is 25.7 Å². The summed E-state index contributed by atoms with van der Waals surface area (Å²) in [7, 11) is 0. The molecule has 0 saturated heterocycles. The first-order chi connectivity index (χ1) is 7.20. The molecule has 0 aromatic heterocycles. The highest BCUT2D eigenvalue weighted by Crippen LogP contribution is 2.27. The minimum absolute atomic E-state index is 0.141. The van der Waals surface area contributed by atoms with Crippen LogP contribution in [0.2, 0.25) is 0 Å². The lowest BCUT2D eigenvalue weighted by atomic mass is 9.91. The van der Waals surface area contributed by atoms with E-state index in [2.05, 4.69) is 0 Å². The van der Waals surface area contributed by atoms with Gasteiger partial charge in [0.25, 0.3) is 0 Å². The monoisotopic (exact) mass is 214 g/mol. The second-order valence-electron chi connectivity index (χ2n) is 4.60. The van der Waals surface area contributed by atoms with Gasteiger partial charge in [-0.2, -0.15) is 0 Å². The van der Waals surface area contributed by atoms with Crippen LogP contribution in [0.3, 0.4) is 0 Å². The molecule has 0 radical (unpaired) electrons. The quantitative estimate of drug-likeness (QED) is 0.546. The molecule has 1 saturated carbocycles. The highest BCUT2D eigenvalue weighted by atomic mass is 16.4. The van der Waals surface area contributed by atoms with Gasteiger partial charge in [0.1, 0.15) is 0 Å². The van der Waals surface area contributed by atoms with Crippen LogP contribution >= 0.6 is 0 Å². The Morgan fingerprint density at radius 3 is 2.60 bits per heavy atom. The maximum atomic E-state index is 10.3. The number of rotatable bonds is 5. The molecule has 0 bridgehead atoms. The summed E-state index contributed by atoms with van der Waals surface area (Å²) in [5, 5.41) is 18.3. The van der Waals surface area contributed by atoms with Crippen molar-refractivity contribution in [1.82, 2.24) is 0 Å². The van der Waals surface area contributed by atoms with E-state index in [0.29, 0.717) is 5.92 Å². The fourth-order valence-corrected chi connectivity index (χ4v) is 2.38. The molecule has 0 aromatic carbocycles. The Hall–Kier alpha value is -0.570. The second-order valence-corrected chi connectivity index (χ2v) is 4.60. The smallest absolute Gasteiger partial charge is 0.303 e. The van der Waals surface area contributed by atoms with Crippen LogP contribution in [0.5, 0.6) is 0 Å². The van der Waals surface area contributed by atoms with E-state index in [0.717, 1.165) is 38.5 Å². The van der Waals surface area contributed by atoms with E-state index in [1.54, 1.807) is 0 Å². The Morgan fingerprint density at radius 1 is 1.13 bits per heavy atom. The van der Waals surface area contributed by atoms with Crippen LogP contribution in [0.1, 0.15) is 57.8 Å². The van der Waals surface area contributed by atoms with Crippen LogP contribution in [0.4, 0.5) is 0 Å². The Labute approximate surface area is 91.5 Å². The summed E-state index contributed by atoms with van der Waals surface area (Å²) in [5.74, 6) is -0.294. The molecular weight excluding hydrogens is 192 g/mol. The van der Waals surface area contributed by atoms with Crippen molar-refractivity contribution in [2.75, 3.05) is 0 Å². The molecule has 1 aliphatic rings. The zero-order valence-corrected chi connectivity index (χ0v) is 9.32. The molecule has 2 N–H and O–H groups in total. The zero-order chi connectivity index (χ0) is 11.1. The van der Waals surface area contributed by atoms with E-state index in [9.17, 15) is 9.90 Å². The fraction of sp³-hybridized carbons (Fsp3) is 0.917. The van der Waals surface area contributed by atoms with Gasteiger partial charge in [0.05, 0.1) is 6.10 Å². The van der Waals surface area contributed by atoms with E-state index >= 15 is 0 Å². The molecule has 1 fully saturated rings. The van der Waals surface area contributed by atoms with Crippen molar-refractivity contribution in [1.29, 1.82) is 0 Å². The number of carboxylic acid groups (broad SMARTS) is 1. The normalized spacial score (nSPS) is 27.3. The average molecular weight is 214 g/mol. The Kier molecular flexibility index (Phi) is 5.69. The standard InChI is InChI=1S/C12H22O3/c13-11-8-3-1-2-6-10(11)7-4-5-9-12(14)15/h10-11,13H,1-9H2,(H,14,15). The van der Waals surface area contributed by atoms with Gasteiger partial charge in [-0.05, 0) is 31.6 Å². The molecule has 0 amide bonds. The molecular formula is C12H22O3. The average Bonchev–Trinajstić information content (AvgIpc) is 2.38. The highest BCUT2D eigenvalue weighted by Gasteiger charge is 2.20. The molecule has 15 heavy (non-hydrogen) atoms. The van der Waals surface area contributed by atoms with Crippen molar-refractivity contribution >= 4 is 5.97 Å². The van der Waals surface area contributed by atoms with Crippen molar-refractivity contribution in [3.05, 3.63) is 0 Å². The molecule has 0 spiro atoms. The summed E-state index contributed by atoms with van der Waals surface area (Å²) < 4.78 is 0. The first-order valence-electron chi connectivity index (χ1n) is 6.10. The minimum atomic E-state index is -0.712. The largest absolute Gasteiger partial charge is 0.481 e. The molecule has 88 valence electrons. The van der Waals surface area contributed by atoms with E-state index < -0.39 is 5.97 Å². The Bertz CT molecular complexity index is 191. The van der Waals surface area contributed by atoms with Crippen molar-refractivity contribution in [3.8, 4) is 0 Å². The van der Waals surface area contributed by atoms with Gasteiger partial charge in [0, 0.05) is 6.42 Å². The number of unbranched alkanes of at least 4 members (excludes halogenated alkanes) is 1. The molecule has 1 aliphatic carbocycles. The summed E-state index contributed by atoms with van der Waals surface area (Å²) in [6, 6.07) is 0. The van der Waals surface area contributed by atoms with Crippen molar-refractivity contribution in [2.45, 2.75) is 63.9 Å². The number of aliphatic hydroxyl groups excluding tert-OH is 1. The fourth-order valence-electron chi connectivity index (χ4n) is 2.38. The highest BCUT2D eigenvalue weighted by molar-refractivity contribution is 5.66. The van der Waals surface area contributed by atoms with E-state index in [4.69, 9.17) is 5.11 Å². The molecule has 0 aromatic rings. The number of hydrogen-bond donors (Lipinski definition) is 2. The van der Waals surface area contributed by atoms with Crippen LogP contribution in [0.25, 0.3) is 0 Å². The van der Waals surface area contributed by atoms with Gasteiger partial charge in [0.15, 0.2) is 0 Å². The van der Waals surface area contributed by atoms with Crippen LogP contribution in [0, 0.1) is 5.92 Å². The second kappa shape index (κ2) is 6.83. The van der Waals surface area contributed by atoms with Gasteiger partial charge in [-0.15, -0.1) is 0 Å². The SMILES string of the molecule is O=C(O)CCCCC1CCCCCC1O. The van der Waals surface area contributed by atoms with Crippen LogP contribution < -0.4 is 0 Å². The molecule has 3 nitrogen and oxygen atoms in total. The third kappa shape index (κ3) is 5.17. The molecule has 3 heteroatoms. The first-order valence-corrected chi connectivity index (χ1v) is 6.10. The molecule has 1 rings (SSSR count). The predicted octanol–water partition coefficient (Wildman–Crippen LogP) is 2.57. The van der Waals surface area contributed by atoms with Gasteiger partial charge in [0.2, 0.25) is 0 Å². The molecule has 0 heterocycles. The first kappa shape index (κ1) is 12.5. The molecule has 2 atom stereocenters. The van der Waals surface area contributed by atoms with Crippen LogP contribution in [-0.4, -0.2) is 22.3 Å². The number of aliphatic hydroxyl groups is 1. The summed E-state index contributed by atoms with van der Waals surface area (Å²) in [4.78, 5) is 10.3. The number of hydrogen-bond acceptors (Lipinski definition) is 2. The zero-order valence-electron chi connectivity index (χ0n) is 9.32. The van der Waals surface area contributed by atoms with Gasteiger partial charge >= 0.3 is 5.97 Å². The van der Waals surface area contributed by atoms with Gasteiger partial charge in [-0.3, -0.25) is 4.79 Å². The van der Waals surface area contributed by atoms with E-state index in [1.807, 2.05) is 0 Å². The Morgan fingerprint density at radius 2 is 1.87 bits per heavy atom. The van der Waals surface area contributed by atoms with Gasteiger partial charge < -0.3 is 10.2 Å². The minimum Gasteiger partial charge on any atom is -0.481 e. The third-order valence-electron chi connectivity index (χ3n) is 3.33.